The van der Waals surface area contributed by atoms with Crippen LogP contribution in [0.3, 0.4) is 0 Å². The average molecular weight is 351 g/mol. The van der Waals surface area contributed by atoms with Gasteiger partial charge in [-0.25, -0.2) is 4.79 Å². The smallest absolute Gasteiger partial charge is 0.319 e. The molecule has 0 saturated carbocycles. The molecule has 0 fully saturated rings. The number of ether oxygens (including phenoxy) is 1. The molecular weight excluding hydrogens is 330 g/mol. The van der Waals surface area contributed by atoms with Gasteiger partial charge in [0.1, 0.15) is 5.75 Å². The number of aryl methyl sites for hydroxylation is 1. The second-order valence-corrected chi connectivity index (χ2v) is 6.17. The van der Waals surface area contributed by atoms with Crippen LogP contribution in [0.15, 0.2) is 59.8 Å². The highest BCUT2D eigenvalue weighted by atomic mass is 16.5. The number of nitrogens with one attached hydrogen (secondary N) is 3. The van der Waals surface area contributed by atoms with E-state index in [0.29, 0.717) is 22.7 Å². The van der Waals surface area contributed by atoms with Gasteiger partial charge in [0, 0.05) is 11.4 Å². The minimum Gasteiger partial charge on any atom is -0.497 e. The maximum Gasteiger partial charge on any atom is 0.319 e. The van der Waals surface area contributed by atoms with Crippen LogP contribution < -0.4 is 20.7 Å². The topological polar surface area (TPSA) is 79.5 Å². The normalized spacial score (nSPS) is 16.6. The van der Waals surface area contributed by atoms with E-state index < -0.39 is 6.04 Å². The molecule has 3 N–H and O–H groups in total. The van der Waals surface area contributed by atoms with Crippen LogP contribution in [0.2, 0.25) is 0 Å². The Labute approximate surface area is 152 Å². The van der Waals surface area contributed by atoms with Gasteiger partial charge in [0.05, 0.1) is 18.7 Å². The lowest BCUT2D eigenvalue weighted by atomic mass is 9.94. The highest BCUT2D eigenvalue weighted by Crippen LogP contribution is 2.29. The van der Waals surface area contributed by atoms with Crippen LogP contribution in [0.5, 0.6) is 5.75 Å². The molecule has 0 bridgehead atoms. The predicted molar refractivity (Wildman–Crippen MR) is 99.9 cm³/mol. The molecule has 2 aromatic carbocycles. The Morgan fingerprint density at radius 3 is 2.54 bits per heavy atom. The largest absolute Gasteiger partial charge is 0.497 e. The summed E-state index contributed by atoms with van der Waals surface area (Å²) in [5.74, 6) is 0.387. The van der Waals surface area contributed by atoms with E-state index in [2.05, 4.69) is 16.0 Å². The van der Waals surface area contributed by atoms with Gasteiger partial charge in [-0.3, -0.25) is 4.79 Å². The number of carbonyl (C=O) groups excluding carboxylic acids is 2. The predicted octanol–water partition coefficient (Wildman–Crippen LogP) is 3.27. The van der Waals surface area contributed by atoms with Crippen molar-refractivity contribution in [3.8, 4) is 5.75 Å². The summed E-state index contributed by atoms with van der Waals surface area (Å²) in [6.45, 7) is 3.70. The highest BCUT2D eigenvalue weighted by molar-refractivity contribution is 6.06. The summed E-state index contributed by atoms with van der Waals surface area (Å²) in [6, 6.07) is 13.9. The fourth-order valence-electron chi connectivity index (χ4n) is 2.90. The first-order chi connectivity index (χ1) is 12.5. The van der Waals surface area contributed by atoms with E-state index in [1.165, 1.54) is 0 Å². The Morgan fingerprint density at radius 1 is 1.12 bits per heavy atom. The Hall–Kier alpha value is -3.28. The van der Waals surface area contributed by atoms with Crippen molar-refractivity contribution >= 4 is 17.6 Å². The molecule has 1 aliphatic heterocycles. The van der Waals surface area contributed by atoms with Crippen LogP contribution >= 0.6 is 0 Å². The second kappa shape index (κ2) is 7.31. The number of rotatable bonds is 4. The van der Waals surface area contributed by atoms with Crippen LogP contribution in [0.25, 0.3) is 0 Å². The molecule has 134 valence electrons. The summed E-state index contributed by atoms with van der Waals surface area (Å²) in [4.78, 5) is 24.9. The maximum absolute atomic E-state index is 12.9. The molecule has 6 nitrogen and oxygen atoms in total. The van der Waals surface area contributed by atoms with Crippen molar-refractivity contribution in [1.82, 2.24) is 10.6 Å². The van der Waals surface area contributed by atoms with Gasteiger partial charge in [-0.2, -0.15) is 0 Å². The molecule has 0 saturated heterocycles. The van der Waals surface area contributed by atoms with Crippen LogP contribution in [0.4, 0.5) is 10.5 Å². The third-order valence-corrected chi connectivity index (χ3v) is 4.25. The van der Waals surface area contributed by atoms with Crippen molar-refractivity contribution in [2.45, 2.75) is 19.9 Å². The molecular formula is C20H21N3O3. The fourth-order valence-corrected chi connectivity index (χ4v) is 2.90. The number of anilines is 1. The molecule has 3 amide bonds. The third kappa shape index (κ3) is 3.69. The first-order valence-electron chi connectivity index (χ1n) is 8.28. The summed E-state index contributed by atoms with van der Waals surface area (Å²) >= 11 is 0. The lowest BCUT2D eigenvalue weighted by Gasteiger charge is -2.28. The van der Waals surface area contributed by atoms with Crippen molar-refractivity contribution < 1.29 is 14.3 Å². The Bertz CT molecular complexity index is 872. The van der Waals surface area contributed by atoms with Crippen LogP contribution in [0, 0.1) is 6.92 Å². The molecule has 2 aromatic rings. The molecule has 1 heterocycles. The average Bonchev–Trinajstić information content (AvgIpc) is 2.63. The SMILES string of the molecule is COc1cccc([C@@H]2NC(=O)NC(C)=C2C(=O)Nc2ccc(C)cc2)c1. The van der Waals surface area contributed by atoms with E-state index >= 15 is 0 Å². The standard InChI is InChI=1S/C20H21N3O3/c1-12-7-9-15(10-8-12)22-19(24)17-13(2)21-20(25)23-18(17)14-5-4-6-16(11-14)26-3/h4-11,18H,1-3H3,(H,22,24)(H2,21,23,25)/t18-/m0/s1. The number of hydrogen-bond donors (Lipinski definition) is 3. The molecule has 6 heteroatoms. The van der Waals surface area contributed by atoms with E-state index in [1.54, 1.807) is 14.0 Å². The summed E-state index contributed by atoms with van der Waals surface area (Å²) in [5, 5.41) is 8.38. The molecule has 0 aliphatic carbocycles. The summed E-state index contributed by atoms with van der Waals surface area (Å²) in [5.41, 5.74) is 3.55. The minimum absolute atomic E-state index is 0.272. The number of benzene rings is 2. The zero-order chi connectivity index (χ0) is 18.7. The molecule has 3 rings (SSSR count). The van der Waals surface area contributed by atoms with Gasteiger partial charge in [-0.15, -0.1) is 0 Å². The lowest BCUT2D eigenvalue weighted by Crippen LogP contribution is -2.45. The number of carbonyl (C=O) groups is 2. The quantitative estimate of drug-likeness (QED) is 0.791. The highest BCUT2D eigenvalue weighted by Gasteiger charge is 2.31. The van der Waals surface area contributed by atoms with E-state index in [-0.39, 0.29) is 11.9 Å². The minimum atomic E-state index is -0.565. The zero-order valence-electron chi connectivity index (χ0n) is 14.9. The van der Waals surface area contributed by atoms with Gasteiger partial charge < -0.3 is 20.7 Å². The number of urea groups is 1. The first-order valence-corrected chi connectivity index (χ1v) is 8.28. The molecule has 1 atom stereocenters. The molecule has 1 aliphatic rings. The van der Waals surface area contributed by atoms with Gasteiger partial charge >= 0.3 is 6.03 Å². The number of hydrogen-bond acceptors (Lipinski definition) is 3. The monoisotopic (exact) mass is 351 g/mol. The van der Waals surface area contributed by atoms with Gasteiger partial charge in [-0.05, 0) is 43.7 Å². The number of methoxy groups -OCH3 is 1. The van der Waals surface area contributed by atoms with Crippen molar-refractivity contribution in [3.63, 3.8) is 0 Å². The second-order valence-electron chi connectivity index (χ2n) is 6.17. The van der Waals surface area contributed by atoms with Gasteiger partial charge in [-0.1, -0.05) is 29.8 Å². The third-order valence-electron chi connectivity index (χ3n) is 4.25. The number of amides is 3. The van der Waals surface area contributed by atoms with Crippen molar-refractivity contribution in [2.75, 3.05) is 12.4 Å². The summed E-state index contributed by atoms with van der Waals surface area (Å²) in [7, 11) is 1.58. The van der Waals surface area contributed by atoms with Gasteiger partial charge in [0.15, 0.2) is 0 Å². The first kappa shape index (κ1) is 17.5. The van der Waals surface area contributed by atoms with Crippen molar-refractivity contribution in [2.24, 2.45) is 0 Å². The molecule has 0 unspecified atom stereocenters. The maximum atomic E-state index is 12.9. The zero-order valence-corrected chi connectivity index (χ0v) is 14.9. The Morgan fingerprint density at radius 2 is 1.85 bits per heavy atom. The molecule has 0 spiro atoms. The van der Waals surface area contributed by atoms with Gasteiger partial charge in [0.25, 0.3) is 5.91 Å². The van der Waals surface area contributed by atoms with E-state index in [4.69, 9.17) is 4.74 Å². The summed E-state index contributed by atoms with van der Waals surface area (Å²) in [6.07, 6.45) is 0. The molecule has 26 heavy (non-hydrogen) atoms. The van der Waals surface area contributed by atoms with Gasteiger partial charge in [0.2, 0.25) is 0 Å². The van der Waals surface area contributed by atoms with Crippen LogP contribution in [-0.4, -0.2) is 19.0 Å². The number of allylic oxidation sites excluding steroid dienone is 1. The van der Waals surface area contributed by atoms with Crippen LogP contribution in [-0.2, 0) is 4.79 Å². The Balaban J connectivity index is 1.94. The van der Waals surface area contributed by atoms with E-state index in [0.717, 1.165) is 11.1 Å². The lowest BCUT2D eigenvalue weighted by molar-refractivity contribution is -0.113. The Kier molecular flexibility index (Phi) is 4.93. The van der Waals surface area contributed by atoms with E-state index in [9.17, 15) is 9.59 Å². The van der Waals surface area contributed by atoms with E-state index in [1.807, 2.05) is 55.5 Å². The molecule has 0 aromatic heterocycles. The van der Waals surface area contributed by atoms with Crippen molar-refractivity contribution in [1.29, 1.82) is 0 Å². The molecule has 0 radical (unpaired) electrons. The summed E-state index contributed by atoms with van der Waals surface area (Å²) < 4.78 is 5.26. The van der Waals surface area contributed by atoms with Crippen molar-refractivity contribution in [3.05, 3.63) is 70.9 Å². The van der Waals surface area contributed by atoms with Crippen LogP contribution in [0.1, 0.15) is 24.1 Å². The fraction of sp³-hybridized carbons (Fsp3) is 0.200.